The third kappa shape index (κ3) is 4.06. The van der Waals surface area contributed by atoms with Gasteiger partial charge in [-0.25, -0.2) is 0 Å². The van der Waals surface area contributed by atoms with Gasteiger partial charge < -0.3 is 10.8 Å². The van der Waals surface area contributed by atoms with E-state index >= 15 is 0 Å². The Kier molecular flexibility index (Phi) is 7.24. The third-order valence-electron chi connectivity index (χ3n) is 3.58. The van der Waals surface area contributed by atoms with E-state index < -0.39 is 65.3 Å². The summed E-state index contributed by atoms with van der Waals surface area (Å²) in [5.41, 5.74) is 4.30. The molecular formula is C11H6ClF16NO2. The Balaban J connectivity index is 6.66. The molecule has 0 aliphatic rings. The number of hydrogen-bond acceptors (Lipinski definition) is 2. The topological polar surface area (TPSA) is 63.3 Å². The van der Waals surface area contributed by atoms with Gasteiger partial charge in [0.2, 0.25) is 0 Å². The fourth-order valence-corrected chi connectivity index (χ4v) is 1.81. The first-order valence-corrected chi connectivity index (χ1v) is 7.15. The van der Waals surface area contributed by atoms with Crippen LogP contribution in [0.5, 0.6) is 0 Å². The van der Waals surface area contributed by atoms with Crippen molar-refractivity contribution in [2.24, 2.45) is 5.73 Å². The van der Waals surface area contributed by atoms with Crippen LogP contribution in [0.25, 0.3) is 0 Å². The van der Waals surface area contributed by atoms with Crippen molar-refractivity contribution < 1.29 is 80.1 Å². The van der Waals surface area contributed by atoms with E-state index in [2.05, 4.69) is 17.3 Å². The van der Waals surface area contributed by atoms with Crippen LogP contribution in [0, 0.1) is 0 Å². The lowest BCUT2D eigenvalue weighted by Gasteiger charge is -2.43. The number of aliphatic carboxylic acids is 1. The second-order valence-corrected chi connectivity index (χ2v) is 6.27. The lowest BCUT2D eigenvalue weighted by Crippen LogP contribution is -2.74. The Morgan fingerprint density at radius 3 is 1.16 bits per heavy atom. The van der Waals surface area contributed by atoms with Crippen molar-refractivity contribution in [1.82, 2.24) is 0 Å². The van der Waals surface area contributed by atoms with Crippen LogP contribution >= 0.6 is 11.6 Å². The molecule has 186 valence electrons. The van der Waals surface area contributed by atoms with Gasteiger partial charge in [-0.2, -0.15) is 70.2 Å². The van der Waals surface area contributed by atoms with Gasteiger partial charge in [0.1, 0.15) is 6.04 Å². The first-order valence-electron chi connectivity index (χ1n) is 6.77. The maximum atomic E-state index is 13.4. The molecule has 0 spiro atoms. The lowest BCUT2D eigenvalue weighted by molar-refractivity contribution is -0.449. The van der Waals surface area contributed by atoms with E-state index in [4.69, 9.17) is 5.11 Å². The highest BCUT2D eigenvalue weighted by Gasteiger charge is 2.94. The fourth-order valence-electron chi connectivity index (χ4n) is 1.69. The van der Waals surface area contributed by atoms with Gasteiger partial charge >= 0.3 is 52.8 Å². The van der Waals surface area contributed by atoms with Gasteiger partial charge in [0, 0.05) is 6.42 Å². The molecule has 0 amide bonds. The Morgan fingerprint density at radius 1 is 0.645 bits per heavy atom. The molecule has 0 aromatic carbocycles. The Bertz CT molecular complexity index is 688. The molecule has 31 heavy (non-hydrogen) atoms. The van der Waals surface area contributed by atoms with Gasteiger partial charge in [0.15, 0.2) is 0 Å². The Hall–Kier alpha value is -1.40. The van der Waals surface area contributed by atoms with Crippen LogP contribution in [-0.4, -0.2) is 64.0 Å². The molecule has 0 rings (SSSR count). The zero-order valence-electron chi connectivity index (χ0n) is 13.6. The summed E-state index contributed by atoms with van der Waals surface area (Å²) in [7, 11) is 0. The maximum absolute atomic E-state index is 13.4. The van der Waals surface area contributed by atoms with Crippen molar-refractivity contribution in [1.29, 1.82) is 0 Å². The predicted molar refractivity (Wildman–Crippen MR) is 65.7 cm³/mol. The molecule has 0 aliphatic carbocycles. The molecule has 0 aliphatic heterocycles. The van der Waals surface area contributed by atoms with Gasteiger partial charge in [0.05, 0.1) is 0 Å². The minimum Gasteiger partial charge on any atom is -0.480 e. The monoisotopic (exact) mass is 523 g/mol. The summed E-state index contributed by atoms with van der Waals surface area (Å²) >= 11 is 3.36. The number of carboxylic acids is 1. The summed E-state index contributed by atoms with van der Waals surface area (Å²) in [5.74, 6) is -58.9. The average molecular weight is 524 g/mol. The number of hydrogen-bond donors (Lipinski definition) is 2. The van der Waals surface area contributed by atoms with Crippen LogP contribution in [0.3, 0.4) is 0 Å². The summed E-state index contributed by atoms with van der Waals surface area (Å²) in [6.45, 7) is 0. The van der Waals surface area contributed by atoms with Crippen molar-refractivity contribution in [2.45, 2.75) is 59.3 Å². The molecule has 20 heteroatoms. The van der Waals surface area contributed by atoms with Gasteiger partial charge in [-0.05, 0) is 11.6 Å². The van der Waals surface area contributed by atoms with Crippen LogP contribution < -0.4 is 5.73 Å². The van der Waals surface area contributed by atoms with Crippen LogP contribution in [-0.2, 0) is 4.79 Å². The molecule has 0 aromatic rings. The molecule has 0 radical (unpaired) electrons. The van der Waals surface area contributed by atoms with E-state index in [1.165, 1.54) is 0 Å². The smallest absolute Gasteiger partial charge is 0.393 e. The number of halogens is 17. The van der Waals surface area contributed by atoms with Gasteiger partial charge in [-0.1, -0.05) is 0 Å². The quantitative estimate of drug-likeness (QED) is 0.311. The highest BCUT2D eigenvalue weighted by atomic mass is 35.5. The van der Waals surface area contributed by atoms with E-state index in [0.29, 0.717) is 0 Å². The number of nitrogens with two attached hydrogens (primary N) is 1. The van der Waals surface area contributed by atoms with E-state index in [-0.39, 0.29) is 0 Å². The normalized spacial score (nSPS) is 17.0. The minimum atomic E-state index is -8.59. The molecule has 3 nitrogen and oxygen atoms in total. The zero-order chi connectivity index (χ0) is 25.9. The van der Waals surface area contributed by atoms with Crippen LogP contribution in [0.1, 0.15) is 6.42 Å². The Labute approximate surface area is 164 Å². The molecular weight excluding hydrogens is 518 g/mol. The van der Waals surface area contributed by atoms with Crippen LogP contribution in [0.15, 0.2) is 0 Å². The summed E-state index contributed by atoms with van der Waals surface area (Å²) < 4.78 is 210. The summed E-state index contributed by atoms with van der Waals surface area (Å²) in [4.78, 5) is 10.2. The second-order valence-electron chi connectivity index (χ2n) is 5.80. The Morgan fingerprint density at radius 2 is 0.903 bits per heavy atom. The lowest BCUT2D eigenvalue weighted by atomic mass is 9.87. The number of carbonyl (C=O) groups is 1. The van der Waals surface area contributed by atoms with Crippen LogP contribution in [0.4, 0.5) is 70.2 Å². The van der Waals surface area contributed by atoms with Crippen molar-refractivity contribution in [3.63, 3.8) is 0 Å². The van der Waals surface area contributed by atoms with E-state index in [1.54, 1.807) is 0 Å². The largest absolute Gasteiger partial charge is 0.480 e. The predicted octanol–water partition coefficient (Wildman–Crippen LogP) is 5.07. The first kappa shape index (κ1) is 29.6. The molecule has 3 N–H and O–H groups in total. The second kappa shape index (κ2) is 7.58. The average Bonchev–Trinajstić information content (AvgIpc) is 2.51. The van der Waals surface area contributed by atoms with Crippen molar-refractivity contribution in [3.05, 3.63) is 0 Å². The van der Waals surface area contributed by atoms with Gasteiger partial charge in [-0.3, -0.25) is 4.79 Å². The highest BCUT2D eigenvalue weighted by Crippen LogP contribution is 2.64. The number of rotatable bonds is 10. The molecule has 0 unspecified atom stereocenters. The maximum Gasteiger partial charge on any atom is 0.393 e. The molecule has 0 saturated carbocycles. The van der Waals surface area contributed by atoms with E-state index in [1.807, 2.05) is 0 Å². The summed E-state index contributed by atoms with van der Waals surface area (Å²) in [6.07, 6.45) is -3.17. The minimum absolute atomic E-state index is 2.63. The third-order valence-corrected chi connectivity index (χ3v) is 3.82. The molecule has 0 bridgehead atoms. The number of alkyl halides is 17. The van der Waals surface area contributed by atoms with Crippen molar-refractivity contribution >= 4 is 17.6 Å². The van der Waals surface area contributed by atoms with E-state index in [0.717, 1.165) is 0 Å². The van der Waals surface area contributed by atoms with Crippen LogP contribution in [0.2, 0.25) is 0 Å². The SMILES string of the molecule is N[C@@H](CC(F)(F)C(F)(F)C(F)(F)C(F)(F)C(F)(F)C(F)(F)C(F)(F)C(F)(F)Cl)C(=O)O. The molecule has 0 saturated heterocycles. The van der Waals surface area contributed by atoms with Gasteiger partial charge in [-0.15, -0.1) is 0 Å². The fraction of sp³-hybridized carbons (Fsp3) is 0.909. The summed E-state index contributed by atoms with van der Waals surface area (Å²) in [6, 6.07) is -3.23. The number of carboxylic acid groups (broad SMARTS) is 1. The first-order chi connectivity index (χ1) is 13.1. The molecule has 0 fully saturated rings. The summed E-state index contributed by atoms with van der Waals surface area (Å²) in [5, 5.41) is 1.30. The van der Waals surface area contributed by atoms with E-state index in [9.17, 15) is 75.0 Å². The highest BCUT2D eigenvalue weighted by molar-refractivity contribution is 6.22. The van der Waals surface area contributed by atoms with Crippen molar-refractivity contribution in [2.75, 3.05) is 0 Å². The molecule has 0 aromatic heterocycles. The molecule has 0 heterocycles. The zero-order valence-corrected chi connectivity index (χ0v) is 14.4. The van der Waals surface area contributed by atoms with Crippen molar-refractivity contribution in [3.8, 4) is 0 Å². The standard InChI is InChI=1S/C11H6ClF16NO2/c12-11(27,28)10(25,26)9(23,24)8(21,22)7(19,20)6(17,18)5(15,16)4(13,14)1-2(29)3(30)31/h2H,1,29H2,(H,30,31)/t2-/m0/s1. The molecule has 1 atom stereocenters. The van der Waals surface area contributed by atoms with Gasteiger partial charge in [0.25, 0.3) is 0 Å².